The van der Waals surface area contributed by atoms with Crippen LogP contribution in [0.15, 0.2) is 48.5 Å². The number of rotatable bonds is 18. The number of carbonyl (C=O) groups is 1. The second-order valence-electron chi connectivity index (χ2n) is 9.17. The maximum Gasteiger partial charge on any atom is 0.233 e. The molecule has 0 aliphatic rings. The van der Waals surface area contributed by atoms with Gasteiger partial charge in [-0.05, 0) is 49.2 Å². The second-order valence-corrected chi connectivity index (χ2v) is 9.17. The molecule has 0 bridgehead atoms. The molecule has 0 aliphatic heterocycles. The van der Waals surface area contributed by atoms with Crippen LogP contribution in [0.25, 0.3) is 0 Å². The Kier molecular flexibility index (Phi) is 12.9. The maximum atomic E-state index is 12.3. The highest BCUT2D eigenvalue weighted by atomic mass is 16.5. The largest absolute Gasteiger partial charge is 0.497 e. The van der Waals surface area contributed by atoms with Crippen molar-refractivity contribution in [3.63, 3.8) is 0 Å². The van der Waals surface area contributed by atoms with Crippen molar-refractivity contribution >= 4 is 29.4 Å². The molecule has 0 atom stereocenters. The van der Waals surface area contributed by atoms with Crippen LogP contribution in [0.1, 0.15) is 25.0 Å². The Balaban J connectivity index is 1.52. The molecule has 40 heavy (non-hydrogen) atoms. The van der Waals surface area contributed by atoms with Crippen molar-refractivity contribution in [2.45, 2.75) is 32.9 Å². The van der Waals surface area contributed by atoms with Gasteiger partial charge < -0.3 is 41.2 Å². The lowest BCUT2D eigenvalue weighted by Gasteiger charge is -2.13. The summed E-state index contributed by atoms with van der Waals surface area (Å²) in [5.41, 5.74) is 8.07. The predicted octanol–water partition coefficient (Wildman–Crippen LogP) is 2.71. The highest BCUT2D eigenvalue weighted by molar-refractivity contribution is 5.78. The van der Waals surface area contributed by atoms with E-state index >= 15 is 0 Å². The summed E-state index contributed by atoms with van der Waals surface area (Å²) in [6.45, 7) is 7.40. The number of hydrogen-bond acceptors (Lipinski definition) is 11. The van der Waals surface area contributed by atoms with Crippen LogP contribution in [-0.4, -0.2) is 73.5 Å². The Morgan fingerprint density at radius 1 is 0.900 bits per heavy atom. The van der Waals surface area contributed by atoms with Gasteiger partial charge in [-0.2, -0.15) is 15.0 Å². The van der Waals surface area contributed by atoms with Crippen LogP contribution >= 0.6 is 0 Å². The van der Waals surface area contributed by atoms with Crippen molar-refractivity contribution < 1.29 is 19.0 Å². The molecule has 6 N–H and O–H groups in total. The van der Waals surface area contributed by atoms with Crippen molar-refractivity contribution in [2.75, 3.05) is 62.6 Å². The minimum absolute atomic E-state index is 0.0719. The van der Waals surface area contributed by atoms with E-state index in [2.05, 4.69) is 36.2 Å². The lowest BCUT2D eigenvalue weighted by atomic mass is 10.1. The average Bonchev–Trinajstić information content (AvgIpc) is 2.94. The number of amides is 1. The van der Waals surface area contributed by atoms with Crippen molar-refractivity contribution in [3.8, 4) is 5.75 Å². The minimum Gasteiger partial charge on any atom is -0.497 e. The summed E-state index contributed by atoms with van der Waals surface area (Å²) in [7, 11) is 1.64. The Morgan fingerprint density at radius 2 is 1.62 bits per heavy atom. The van der Waals surface area contributed by atoms with Crippen LogP contribution in [0.2, 0.25) is 0 Å². The summed E-state index contributed by atoms with van der Waals surface area (Å²) in [4.78, 5) is 25.8. The highest BCUT2D eigenvalue weighted by Crippen LogP contribution is 2.18. The molecule has 3 aromatic rings. The molecule has 0 saturated carbocycles. The van der Waals surface area contributed by atoms with Gasteiger partial charge in [0.05, 0.1) is 40.0 Å². The van der Waals surface area contributed by atoms with E-state index in [4.69, 9.17) is 19.9 Å². The van der Waals surface area contributed by atoms with Crippen molar-refractivity contribution in [1.29, 1.82) is 0 Å². The molecule has 3 rings (SSSR count). The molecule has 216 valence electrons. The number of hydrogen-bond donors (Lipinski definition) is 5. The quantitative estimate of drug-likeness (QED) is 0.148. The number of anilines is 4. The fourth-order valence-electron chi connectivity index (χ4n) is 3.55. The number of aromatic nitrogens is 3. The van der Waals surface area contributed by atoms with Gasteiger partial charge >= 0.3 is 0 Å². The van der Waals surface area contributed by atoms with Gasteiger partial charge in [-0.25, -0.2) is 0 Å². The first-order valence-electron chi connectivity index (χ1n) is 13.3. The van der Waals surface area contributed by atoms with E-state index in [1.165, 1.54) is 0 Å². The third-order valence-corrected chi connectivity index (χ3v) is 5.42. The van der Waals surface area contributed by atoms with Crippen LogP contribution < -0.4 is 31.7 Å². The van der Waals surface area contributed by atoms with Gasteiger partial charge in [0, 0.05) is 31.4 Å². The van der Waals surface area contributed by atoms with E-state index in [0.717, 1.165) is 22.6 Å². The van der Waals surface area contributed by atoms with Gasteiger partial charge in [-0.3, -0.25) is 4.79 Å². The lowest BCUT2D eigenvalue weighted by Crippen LogP contribution is -2.29. The zero-order chi connectivity index (χ0) is 28.6. The molecule has 0 aliphatic carbocycles. The van der Waals surface area contributed by atoms with E-state index in [1.54, 1.807) is 7.11 Å². The molecule has 2 aromatic carbocycles. The highest BCUT2D eigenvalue weighted by Gasteiger charge is 2.09. The van der Waals surface area contributed by atoms with Crippen LogP contribution in [0.4, 0.5) is 23.5 Å². The molecule has 0 fully saturated rings. The number of nitrogens with two attached hydrogens (primary N) is 1. The SMILES string of the molecule is COc1cccc(CNc2nc(Nc3ccc(CC(=O)NCCOCCOCCN)cc3)nc(NC(C)C)n2)c1. The van der Waals surface area contributed by atoms with E-state index in [1.807, 2.05) is 62.4 Å². The van der Waals surface area contributed by atoms with Crippen molar-refractivity contribution in [2.24, 2.45) is 5.73 Å². The Labute approximate surface area is 235 Å². The topological polar surface area (TPSA) is 158 Å². The van der Waals surface area contributed by atoms with Crippen LogP contribution in [0.3, 0.4) is 0 Å². The number of carbonyl (C=O) groups excluding carboxylic acids is 1. The third kappa shape index (κ3) is 11.4. The molecule has 0 unspecified atom stereocenters. The van der Waals surface area contributed by atoms with Gasteiger partial charge in [-0.1, -0.05) is 24.3 Å². The third-order valence-electron chi connectivity index (χ3n) is 5.42. The normalized spacial score (nSPS) is 10.8. The van der Waals surface area contributed by atoms with E-state index in [-0.39, 0.29) is 18.4 Å². The van der Waals surface area contributed by atoms with Crippen LogP contribution in [-0.2, 0) is 27.2 Å². The molecule has 1 aromatic heterocycles. The molecule has 1 heterocycles. The first-order chi connectivity index (χ1) is 19.4. The lowest BCUT2D eigenvalue weighted by molar-refractivity contribution is -0.120. The predicted molar refractivity (Wildman–Crippen MR) is 156 cm³/mol. The fraction of sp³-hybridized carbons (Fsp3) is 0.429. The van der Waals surface area contributed by atoms with Crippen LogP contribution in [0, 0.1) is 0 Å². The molecule has 0 radical (unpaired) electrons. The number of ether oxygens (including phenoxy) is 3. The van der Waals surface area contributed by atoms with E-state index in [9.17, 15) is 4.79 Å². The van der Waals surface area contributed by atoms with E-state index in [0.29, 0.717) is 63.9 Å². The first-order valence-corrected chi connectivity index (χ1v) is 13.3. The van der Waals surface area contributed by atoms with Gasteiger partial charge in [0.1, 0.15) is 5.75 Å². The van der Waals surface area contributed by atoms with Gasteiger partial charge in [-0.15, -0.1) is 0 Å². The molecule has 12 nitrogen and oxygen atoms in total. The number of nitrogens with zero attached hydrogens (tertiary/aromatic N) is 3. The summed E-state index contributed by atoms with van der Waals surface area (Å²) in [5.74, 6) is 2.00. The van der Waals surface area contributed by atoms with Crippen molar-refractivity contribution in [3.05, 3.63) is 59.7 Å². The average molecular weight is 553 g/mol. The minimum atomic E-state index is -0.0719. The molecule has 0 spiro atoms. The molecule has 12 heteroatoms. The second kappa shape index (κ2) is 16.9. The summed E-state index contributed by atoms with van der Waals surface area (Å²) in [5, 5.41) is 12.6. The molecular formula is C28H40N8O4. The van der Waals surface area contributed by atoms with E-state index < -0.39 is 0 Å². The smallest absolute Gasteiger partial charge is 0.233 e. The van der Waals surface area contributed by atoms with Gasteiger partial charge in [0.25, 0.3) is 0 Å². The number of methoxy groups -OCH3 is 1. The molecule has 1 amide bonds. The fourth-order valence-corrected chi connectivity index (χ4v) is 3.55. The van der Waals surface area contributed by atoms with Crippen LogP contribution in [0.5, 0.6) is 5.75 Å². The Hall–Kier alpha value is -4.00. The molecule has 0 saturated heterocycles. The number of benzene rings is 2. The van der Waals surface area contributed by atoms with Gasteiger partial charge in [0.2, 0.25) is 23.8 Å². The zero-order valence-electron chi connectivity index (χ0n) is 23.4. The summed E-state index contributed by atoms with van der Waals surface area (Å²) in [6.07, 6.45) is 0.270. The molecular weight excluding hydrogens is 512 g/mol. The Bertz CT molecular complexity index is 1180. The summed E-state index contributed by atoms with van der Waals surface area (Å²) >= 11 is 0. The maximum absolute atomic E-state index is 12.3. The summed E-state index contributed by atoms with van der Waals surface area (Å²) < 4.78 is 16.0. The number of nitrogens with one attached hydrogen (secondary N) is 4. The Morgan fingerprint density at radius 3 is 2.35 bits per heavy atom. The van der Waals surface area contributed by atoms with Crippen molar-refractivity contribution in [1.82, 2.24) is 20.3 Å². The standard InChI is InChI=1S/C28H40N8O4/c1-20(2)32-27-34-26(31-19-22-5-4-6-24(17-22)38-3)35-28(36-27)33-23-9-7-21(8-10-23)18-25(37)30-12-14-40-16-15-39-13-11-29/h4-10,17,20H,11-16,18-19,29H2,1-3H3,(H,30,37)(H3,31,32,33,34,35,36). The first kappa shape index (κ1) is 30.5. The zero-order valence-corrected chi connectivity index (χ0v) is 23.4. The van der Waals surface area contributed by atoms with Gasteiger partial charge in [0.15, 0.2) is 0 Å². The summed E-state index contributed by atoms with van der Waals surface area (Å²) in [6, 6.07) is 15.5. The monoisotopic (exact) mass is 552 g/mol.